The van der Waals surface area contributed by atoms with Gasteiger partial charge in [-0.3, -0.25) is 4.98 Å². The van der Waals surface area contributed by atoms with Gasteiger partial charge in [0.25, 0.3) is 0 Å². The maximum Gasteiger partial charge on any atom is 0.119 e. The average molecular weight is 270 g/mol. The van der Waals surface area contributed by atoms with Crippen molar-refractivity contribution in [1.29, 1.82) is 0 Å². The van der Waals surface area contributed by atoms with Gasteiger partial charge in [0.15, 0.2) is 0 Å². The summed E-state index contributed by atoms with van der Waals surface area (Å²) >= 11 is 0. The van der Waals surface area contributed by atoms with Crippen LogP contribution in [0.15, 0.2) is 54.7 Å². The predicted molar refractivity (Wildman–Crippen MR) is 82.0 cm³/mol. The zero-order chi connectivity index (χ0) is 14.0. The van der Waals surface area contributed by atoms with E-state index < -0.39 is 0 Å². The van der Waals surface area contributed by atoms with Crippen molar-refractivity contribution in [2.75, 3.05) is 13.2 Å². The van der Waals surface area contributed by atoms with Crippen molar-refractivity contribution in [3.05, 3.63) is 60.4 Å². The molecule has 1 atom stereocenters. The van der Waals surface area contributed by atoms with Gasteiger partial charge < -0.3 is 10.1 Å². The molecule has 3 heteroatoms. The minimum absolute atomic E-state index is 0.401. The van der Waals surface area contributed by atoms with Gasteiger partial charge in [-0.2, -0.15) is 0 Å². The van der Waals surface area contributed by atoms with Crippen LogP contribution in [0.2, 0.25) is 0 Å². The number of para-hydroxylation sites is 1. The van der Waals surface area contributed by atoms with E-state index in [0.29, 0.717) is 12.6 Å². The standard InChI is InChI=1S/C17H22N2O/c1-2-18-16(14-15-8-6-7-12-19-15)11-13-20-17-9-4-3-5-10-17/h3-10,12,16,18H,2,11,13-14H2,1H3. The number of nitrogens with zero attached hydrogens (tertiary/aromatic N) is 1. The normalized spacial score (nSPS) is 12.1. The van der Waals surface area contributed by atoms with Crippen LogP contribution >= 0.6 is 0 Å². The molecule has 1 aromatic heterocycles. The third kappa shape index (κ3) is 5.02. The molecule has 0 saturated carbocycles. The first kappa shape index (κ1) is 14.5. The quantitative estimate of drug-likeness (QED) is 0.800. The summed E-state index contributed by atoms with van der Waals surface area (Å²) in [4.78, 5) is 4.39. The third-order valence-electron chi connectivity index (χ3n) is 3.15. The lowest BCUT2D eigenvalue weighted by Crippen LogP contribution is -2.32. The highest BCUT2D eigenvalue weighted by Crippen LogP contribution is 2.10. The molecule has 0 radical (unpaired) electrons. The number of nitrogens with one attached hydrogen (secondary N) is 1. The molecule has 1 N–H and O–H groups in total. The monoisotopic (exact) mass is 270 g/mol. The van der Waals surface area contributed by atoms with Crippen LogP contribution in [0, 0.1) is 0 Å². The molecule has 0 bridgehead atoms. The topological polar surface area (TPSA) is 34.1 Å². The maximum atomic E-state index is 5.76. The number of aromatic nitrogens is 1. The Balaban J connectivity index is 1.80. The van der Waals surface area contributed by atoms with Gasteiger partial charge in [0.2, 0.25) is 0 Å². The molecule has 0 fully saturated rings. The molecule has 0 amide bonds. The van der Waals surface area contributed by atoms with Crippen molar-refractivity contribution in [2.45, 2.75) is 25.8 Å². The van der Waals surface area contributed by atoms with Crippen LogP contribution in [-0.4, -0.2) is 24.2 Å². The Morgan fingerprint density at radius 3 is 2.60 bits per heavy atom. The first-order valence-corrected chi connectivity index (χ1v) is 7.19. The zero-order valence-corrected chi connectivity index (χ0v) is 12.0. The van der Waals surface area contributed by atoms with Crippen LogP contribution in [0.3, 0.4) is 0 Å². The molecule has 2 aromatic rings. The summed E-state index contributed by atoms with van der Waals surface area (Å²) in [6.07, 6.45) is 3.75. The molecule has 0 aliphatic rings. The summed E-state index contributed by atoms with van der Waals surface area (Å²) in [7, 11) is 0. The fraction of sp³-hybridized carbons (Fsp3) is 0.353. The summed E-state index contributed by atoms with van der Waals surface area (Å²) in [6, 6.07) is 16.4. The Hall–Kier alpha value is -1.87. The van der Waals surface area contributed by atoms with Gasteiger partial charge in [0, 0.05) is 24.4 Å². The summed E-state index contributed by atoms with van der Waals surface area (Å²) in [6.45, 7) is 3.81. The highest BCUT2D eigenvalue weighted by Gasteiger charge is 2.09. The Morgan fingerprint density at radius 2 is 1.90 bits per heavy atom. The number of ether oxygens (including phenoxy) is 1. The lowest BCUT2D eigenvalue weighted by molar-refractivity contribution is 0.285. The first-order valence-electron chi connectivity index (χ1n) is 7.19. The highest BCUT2D eigenvalue weighted by molar-refractivity contribution is 5.20. The third-order valence-corrected chi connectivity index (χ3v) is 3.15. The second kappa shape index (κ2) is 8.33. The Labute approximate surface area is 121 Å². The first-order chi connectivity index (χ1) is 9.88. The Bertz CT molecular complexity index is 473. The van der Waals surface area contributed by atoms with Gasteiger partial charge >= 0.3 is 0 Å². The smallest absolute Gasteiger partial charge is 0.119 e. The van der Waals surface area contributed by atoms with E-state index in [9.17, 15) is 0 Å². The van der Waals surface area contributed by atoms with Crippen molar-refractivity contribution in [3.8, 4) is 5.75 Å². The fourth-order valence-corrected chi connectivity index (χ4v) is 2.17. The second-order valence-electron chi connectivity index (χ2n) is 4.73. The van der Waals surface area contributed by atoms with Crippen molar-refractivity contribution >= 4 is 0 Å². The van der Waals surface area contributed by atoms with Gasteiger partial charge in [-0.05, 0) is 37.2 Å². The van der Waals surface area contributed by atoms with Crippen molar-refractivity contribution in [1.82, 2.24) is 10.3 Å². The molecule has 2 rings (SSSR count). The molecule has 1 aromatic carbocycles. The molecule has 3 nitrogen and oxygen atoms in total. The van der Waals surface area contributed by atoms with E-state index in [-0.39, 0.29) is 0 Å². The Morgan fingerprint density at radius 1 is 1.10 bits per heavy atom. The molecule has 0 aliphatic heterocycles. The minimum atomic E-state index is 0.401. The van der Waals surface area contributed by atoms with E-state index in [0.717, 1.165) is 30.8 Å². The van der Waals surface area contributed by atoms with E-state index in [2.05, 4.69) is 23.3 Å². The molecule has 106 valence electrons. The average Bonchev–Trinajstić information content (AvgIpc) is 2.49. The van der Waals surface area contributed by atoms with E-state index in [1.807, 2.05) is 48.7 Å². The highest BCUT2D eigenvalue weighted by atomic mass is 16.5. The van der Waals surface area contributed by atoms with E-state index >= 15 is 0 Å². The van der Waals surface area contributed by atoms with Crippen LogP contribution < -0.4 is 10.1 Å². The van der Waals surface area contributed by atoms with Gasteiger partial charge in [0.1, 0.15) is 5.75 Å². The molecule has 1 unspecified atom stereocenters. The lowest BCUT2D eigenvalue weighted by Gasteiger charge is -2.17. The van der Waals surface area contributed by atoms with Crippen molar-refractivity contribution < 1.29 is 4.74 Å². The number of pyridine rings is 1. The minimum Gasteiger partial charge on any atom is -0.494 e. The van der Waals surface area contributed by atoms with E-state index in [1.165, 1.54) is 0 Å². The largest absolute Gasteiger partial charge is 0.494 e. The summed E-state index contributed by atoms with van der Waals surface area (Å²) in [5.41, 5.74) is 1.12. The van der Waals surface area contributed by atoms with E-state index in [4.69, 9.17) is 4.74 Å². The predicted octanol–water partition coefficient (Wildman–Crippen LogP) is 3.07. The lowest BCUT2D eigenvalue weighted by atomic mass is 10.1. The molecule has 0 spiro atoms. The van der Waals surface area contributed by atoms with Crippen LogP contribution in [-0.2, 0) is 6.42 Å². The number of hydrogen-bond donors (Lipinski definition) is 1. The number of likely N-dealkylation sites (N-methyl/N-ethyl adjacent to an activating group) is 1. The van der Waals surface area contributed by atoms with Gasteiger partial charge in [-0.1, -0.05) is 31.2 Å². The van der Waals surface area contributed by atoms with Crippen molar-refractivity contribution in [3.63, 3.8) is 0 Å². The van der Waals surface area contributed by atoms with Crippen LogP contribution in [0.25, 0.3) is 0 Å². The molecular weight excluding hydrogens is 248 g/mol. The van der Waals surface area contributed by atoms with Crippen LogP contribution in [0.4, 0.5) is 0 Å². The molecule has 20 heavy (non-hydrogen) atoms. The molecule has 0 aliphatic carbocycles. The van der Waals surface area contributed by atoms with Gasteiger partial charge in [0.05, 0.1) is 6.61 Å². The fourth-order valence-electron chi connectivity index (χ4n) is 2.17. The van der Waals surface area contributed by atoms with Gasteiger partial charge in [-0.25, -0.2) is 0 Å². The maximum absolute atomic E-state index is 5.76. The van der Waals surface area contributed by atoms with Crippen molar-refractivity contribution in [2.24, 2.45) is 0 Å². The molecule has 1 heterocycles. The molecule has 0 saturated heterocycles. The summed E-state index contributed by atoms with van der Waals surface area (Å²) in [5, 5.41) is 3.50. The number of benzene rings is 1. The number of hydrogen-bond acceptors (Lipinski definition) is 3. The number of rotatable bonds is 8. The summed E-state index contributed by atoms with van der Waals surface area (Å²) in [5.74, 6) is 0.931. The second-order valence-corrected chi connectivity index (χ2v) is 4.73. The zero-order valence-electron chi connectivity index (χ0n) is 12.0. The van der Waals surface area contributed by atoms with Crippen LogP contribution in [0.5, 0.6) is 5.75 Å². The van der Waals surface area contributed by atoms with E-state index in [1.54, 1.807) is 0 Å². The van der Waals surface area contributed by atoms with Crippen LogP contribution in [0.1, 0.15) is 19.0 Å². The SMILES string of the molecule is CCNC(CCOc1ccccc1)Cc1ccccn1. The Kier molecular flexibility index (Phi) is 6.06. The van der Waals surface area contributed by atoms with Gasteiger partial charge in [-0.15, -0.1) is 0 Å². The summed E-state index contributed by atoms with van der Waals surface area (Å²) < 4.78 is 5.76. The molecular formula is C17H22N2O.